The van der Waals surface area contributed by atoms with Gasteiger partial charge < -0.3 is 20.7 Å². The maximum Gasteiger partial charge on any atom is 0.418 e. The SMILES string of the molecule is C=C1C[C@@H]2[C@H]3CC[C@@H](CN2c2nc(OC[C@@]45CCCN4C[C@H](F)C5)nc4c(F)c(-c5nc(N)cc(C)c5C(F)(F)F)c(F)c1c24)N3. The number of hydrogen-bond acceptors (Lipinski definition) is 8. The van der Waals surface area contributed by atoms with Gasteiger partial charge in [0, 0.05) is 43.2 Å². The summed E-state index contributed by atoms with van der Waals surface area (Å²) in [6.07, 6.45) is -2.08. The number of benzene rings is 1. The molecule has 4 saturated heterocycles. The van der Waals surface area contributed by atoms with E-state index in [4.69, 9.17) is 15.5 Å². The van der Waals surface area contributed by atoms with Crippen LogP contribution in [0.25, 0.3) is 27.7 Å². The number of alkyl halides is 4. The van der Waals surface area contributed by atoms with Crippen molar-refractivity contribution < 1.29 is 31.1 Å². The first-order valence-corrected chi connectivity index (χ1v) is 15.6. The second kappa shape index (κ2) is 10.2. The lowest BCUT2D eigenvalue weighted by Crippen LogP contribution is -2.58. The lowest BCUT2D eigenvalue weighted by atomic mass is 9.90. The standard InChI is InChI=1S/C32H33F6N7O/c1-14-8-19-18-5-4-17(40-18)12-45(19)29-22-21(14)25(34)23(27-24(32(36,37)38)15(2)9-20(39)41-27)26(35)28(22)42-30(43-29)46-13-31-6-3-7-44(31)11-16(33)10-31/h9,16-19,40H,1,3-8,10-13H2,2H3,(H2,39,41)/t16-,17+,18-,19-,31+/m1/s1. The summed E-state index contributed by atoms with van der Waals surface area (Å²) in [6, 6.07) is 0.727. The second-order valence-electron chi connectivity index (χ2n) is 13.5. The highest BCUT2D eigenvalue weighted by Gasteiger charge is 2.50. The molecule has 8 nitrogen and oxygen atoms in total. The molecule has 0 radical (unpaired) electrons. The number of nitrogen functional groups attached to an aromatic ring is 1. The van der Waals surface area contributed by atoms with Gasteiger partial charge in [0.25, 0.3) is 0 Å². The van der Waals surface area contributed by atoms with Crippen molar-refractivity contribution in [2.24, 2.45) is 0 Å². The highest BCUT2D eigenvalue weighted by atomic mass is 19.4. The summed E-state index contributed by atoms with van der Waals surface area (Å²) >= 11 is 0. The van der Waals surface area contributed by atoms with Gasteiger partial charge in [-0.15, -0.1) is 0 Å². The molecule has 5 aliphatic heterocycles. The van der Waals surface area contributed by atoms with Crippen LogP contribution in [-0.2, 0) is 6.18 Å². The van der Waals surface area contributed by atoms with E-state index in [1.807, 2.05) is 4.90 Å². The van der Waals surface area contributed by atoms with Gasteiger partial charge in [0.2, 0.25) is 0 Å². The van der Waals surface area contributed by atoms with E-state index in [1.165, 1.54) is 0 Å². The zero-order chi connectivity index (χ0) is 32.3. The molecule has 5 atom stereocenters. The lowest BCUT2D eigenvalue weighted by molar-refractivity contribution is -0.137. The minimum Gasteiger partial charge on any atom is -0.461 e. The van der Waals surface area contributed by atoms with Crippen molar-refractivity contribution in [2.45, 2.75) is 81.5 Å². The first kappa shape index (κ1) is 29.7. The fourth-order valence-corrected chi connectivity index (χ4v) is 8.70. The third-order valence-corrected chi connectivity index (χ3v) is 10.6. The van der Waals surface area contributed by atoms with Crippen LogP contribution in [0.1, 0.15) is 55.2 Å². The molecular formula is C32H33F6N7O. The van der Waals surface area contributed by atoms with E-state index in [2.05, 4.69) is 26.8 Å². The molecule has 14 heteroatoms. The molecule has 0 unspecified atom stereocenters. The maximum atomic E-state index is 16.9. The van der Waals surface area contributed by atoms with Crippen LogP contribution in [0.4, 0.5) is 38.0 Å². The van der Waals surface area contributed by atoms with Crippen molar-refractivity contribution >= 4 is 28.1 Å². The molecule has 0 amide bonds. The summed E-state index contributed by atoms with van der Waals surface area (Å²) < 4.78 is 97.5. The highest BCUT2D eigenvalue weighted by Crippen LogP contribution is 2.49. The number of halogens is 6. The largest absolute Gasteiger partial charge is 0.461 e. The van der Waals surface area contributed by atoms with Crippen LogP contribution in [0.3, 0.4) is 0 Å². The van der Waals surface area contributed by atoms with Gasteiger partial charge in [0.15, 0.2) is 5.82 Å². The minimum absolute atomic E-state index is 0.0209. The topological polar surface area (TPSA) is 92.4 Å². The van der Waals surface area contributed by atoms with E-state index in [1.54, 1.807) is 0 Å². The average Bonchev–Trinajstić information content (AvgIpc) is 3.61. The van der Waals surface area contributed by atoms with E-state index < -0.39 is 51.9 Å². The Morgan fingerprint density at radius 3 is 2.72 bits per heavy atom. The van der Waals surface area contributed by atoms with Gasteiger partial charge in [0.05, 0.1) is 27.7 Å². The molecule has 5 aliphatic rings. The Bertz CT molecular complexity index is 1800. The van der Waals surface area contributed by atoms with Crippen LogP contribution < -0.4 is 20.7 Å². The number of fused-ring (bicyclic) bond motifs is 6. The Labute approximate surface area is 261 Å². The summed E-state index contributed by atoms with van der Waals surface area (Å²) in [7, 11) is 0. The zero-order valence-electron chi connectivity index (χ0n) is 25.2. The Morgan fingerprint density at radius 1 is 1.13 bits per heavy atom. The molecule has 2 aromatic heterocycles. The summed E-state index contributed by atoms with van der Waals surface area (Å²) in [5, 5.41) is 3.61. The van der Waals surface area contributed by atoms with Crippen molar-refractivity contribution in [3.8, 4) is 17.3 Å². The van der Waals surface area contributed by atoms with Crippen molar-refractivity contribution in [1.82, 2.24) is 25.2 Å². The van der Waals surface area contributed by atoms with Gasteiger partial charge in [-0.1, -0.05) is 6.58 Å². The van der Waals surface area contributed by atoms with E-state index >= 15 is 8.78 Å². The van der Waals surface area contributed by atoms with Crippen molar-refractivity contribution in [3.05, 3.63) is 41.0 Å². The smallest absolute Gasteiger partial charge is 0.418 e. The van der Waals surface area contributed by atoms with Crippen molar-refractivity contribution in [2.75, 3.05) is 36.9 Å². The summed E-state index contributed by atoms with van der Waals surface area (Å²) in [5.74, 6) is -2.64. The Kier molecular flexibility index (Phi) is 6.58. The zero-order valence-corrected chi connectivity index (χ0v) is 25.2. The Balaban J connectivity index is 1.36. The number of nitrogens with one attached hydrogen (secondary N) is 1. The van der Waals surface area contributed by atoms with Crippen LogP contribution in [-0.4, -0.2) is 75.9 Å². The molecule has 0 aliphatic carbocycles. The number of aromatic nitrogens is 3. The summed E-state index contributed by atoms with van der Waals surface area (Å²) in [5.41, 5.74) is 1.45. The van der Waals surface area contributed by atoms with Crippen LogP contribution in [0.5, 0.6) is 6.01 Å². The third-order valence-electron chi connectivity index (χ3n) is 10.6. The normalized spacial score (nSPS) is 28.9. The van der Waals surface area contributed by atoms with E-state index in [-0.39, 0.29) is 77.3 Å². The fraction of sp³-hybridized carbons (Fsp3) is 0.531. The maximum absolute atomic E-state index is 16.9. The van der Waals surface area contributed by atoms with Crippen LogP contribution in [0.15, 0.2) is 12.6 Å². The molecule has 0 spiro atoms. The molecule has 3 aromatic rings. The third kappa shape index (κ3) is 4.39. The van der Waals surface area contributed by atoms with E-state index in [0.29, 0.717) is 19.5 Å². The molecule has 7 heterocycles. The van der Waals surface area contributed by atoms with Gasteiger partial charge in [0.1, 0.15) is 35.7 Å². The highest BCUT2D eigenvalue weighted by molar-refractivity contribution is 6.03. The van der Waals surface area contributed by atoms with E-state index in [0.717, 1.165) is 38.8 Å². The number of nitrogens with zero attached hydrogens (tertiary/aromatic N) is 5. The molecule has 4 fully saturated rings. The predicted molar refractivity (Wildman–Crippen MR) is 160 cm³/mol. The molecule has 46 heavy (non-hydrogen) atoms. The van der Waals surface area contributed by atoms with E-state index in [9.17, 15) is 17.6 Å². The molecule has 8 rings (SSSR count). The van der Waals surface area contributed by atoms with Gasteiger partial charge in [-0.25, -0.2) is 18.2 Å². The number of pyridine rings is 1. The van der Waals surface area contributed by atoms with Crippen molar-refractivity contribution in [1.29, 1.82) is 0 Å². The molecule has 244 valence electrons. The number of anilines is 2. The van der Waals surface area contributed by atoms with Crippen molar-refractivity contribution in [3.63, 3.8) is 0 Å². The Morgan fingerprint density at radius 2 is 1.93 bits per heavy atom. The minimum atomic E-state index is -4.99. The number of nitrogens with two attached hydrogens (primary N) is 1. The average molecular weight is 646 g/mol. The van der Waals surface area contributed by atoms with Gasteiger partial charge in [-0.2, -0.15) is 23.1 Å². The van der Waals surface area contributed by atoms with Gasteiger partial charge in [-0.3, -0.25) is 4.90 Å². The molecule has 0 saturated carbocycles. The number of ether oxygens (including phenoxy) is 1. The molecule has 2 bridgehead atoms. The fourth-order valence-electron chi connectivity index (χ4n) is 8.70. The number of hydrogen-bond donors (Lipinski definition) is 2. The van der Waals surface area contributed by atoms with Gasteiger partial charge in [-0.05, 0) is 62.8 Å². The first-order chi connectivity index (χ1) is 21.8. The lowest BCUT2D eigenvalue weighted by Gasteiger charge is -2.41. The summed E-state index contributed by atoms with van der Waals surface area (Å²) in [4.78, 5) is 17.0. The van der Waals surface area contributed by atoms with Crippen LogP contribution >= 0.6 is 0 Å². The molecular weight excluding hydrogens is 612 g/mol. The predicted octanol–water partition coefficient (Wildman–Crippen LogP) is 5.56. The summed E-state index contributed by atoms with van der Waals surface area (Å²) in [6.45, 7) is 6.90. The van der Waals surface area contributed by atoms with Crippen LogP contribution in [0.2, 0.25) is 0 Å². The number of aryl methyl sites for hydroxylation is 1. The number of rotatable bonds is 4. The first-order valence-electron chi connectivity index (χ1n) is 15.6. The quantitative estimate of drug-likeness (QED) is 0.357. The van der Waals surface area contributed by atoms with Gasteiger partial charge >= 0.3 is 12.2 Å². The molecule has 3 N–H and O–H groups in total. The van der Waals surface area contributed by atoms with Crippen LogP contribution in [0, 0.1) is 18.6 Å². The second-order valence-corrected chi connectivity index (χ2v) is 13.5. The molecule has 1 aromatic carbocycles. The number of piperazine rings is 1. The monoisotopic (exact) mass is 645 g/mol. The Hall–Kier alpha value is -3.65.